The number of nitrogens with zero attached hydrogens (tertiary/aromatic N) is 1. The number of aliphatic imine (C=N–C) groups is 1. The minimum absolute atomic E-state index is 0. The lowest BCUT2D eigenvalue weighted by Crippen LogP contribution is -2.42. The number of guanidine groups is 1. The van der Waals surface area contributed by atoms with E-state index in [1.165, 1.54) is 18.4 Å². The number of ether oxygens (including phenoxy) is 1. The summed E-state index contributed by atoms with van der Waals surface area (Å²) >= 11 is 0. The third-order valence-electron chi connectivity index (χ3n) is 5.44. The van der Waals surface area contributed by atoms with Gasteiger partial charge in [0, 0.05) is 18.5 Å². The third kappa shape index (κ3) is 7.25. The van der Waals surface area contributed by atoms with E-state index in [1.807, 2.05) is 44.2 Å². The molecule has 2 aromatic carbocycles. The van der Waals surface area contributed by atoms with Gasteiger partial charge in [-0.1, -0.05) is 60.7 Å². The lowest BCUT2D eigenvalue weighted by molar-refractivity contribution is -0.000599. The van der Waals surface area contributed by atoms with Crippen LogP contribution in [-0.4, -0.2) is 43.4 Å². The van der Waals surface area contributed by atoms with Gasteiger partial charge < -0.3 is 20.5 Å². The zero-order chi connectivity index (χ0) is 20.5. The molecule has 2 atom stereocenters. The Balaban J connectivity index is 0.00000320. The molecule has 1 aliphatic carbocycles. The van der Waals surface area contributed by atoms with Crippen molar-refractivity contribution in [1.82, 2.24) is 10.6 Å². The number of aliphatic hydroxyl groups excluding tert-OH is 1. The summed E-state index contributed by atoms with van der Waals surface area (Å²) in [5, 5.41) is 16.8. The molecule has 0 heterocycles. The maximum absolute atomic E-state index is 10.3. The van der Waals surface area contributed by atoms with Crippen LogP contribution in [0.4, 0.5) is 0 Å². The molecular weight excluding hydrogens is 489 g/mol. The summed E-state index contributed by atoms with van der Waals surface area (Å²) in [5.41, 5.74) is 2.65. The maximum Gasteiger partial charge on any atom is 0.191 e. The van der Waals surface area contributed by atoms with Crippen LogP contribution in [0.15, 0.2) is 65.7 Å². The molecule has 1 aliphatic rings. The Hall–Kier alpha value is -1.64. The molecule has 1 fully saturated rings. The highest BCUT2D eigenvalue weighted by Gasteiger charge is 2.43. The van der Waals surface area contributed by atoms with Crippen LogP contribution in [0.1, 0.15) is 43.9 Å². The van der Waals surface area contributed by atoms with Crippen LogP contribution < -0.4 is 10.6 Å². The molecule has 0 saturated heterocycles. The smallest absolute Gasteiger partial charge is 0.191 e. The molecule has 2 aromatic rings. The summed E-state index contributed by atoms with van der Waals surface area (Å²) in [4.78, 5) is 4.78. The van der Waals surface area contributed by atoms with Gasteiger partial charge in [0.2, 0.25) is 0 Å². The zero-order valence-corrected chi connectivity index (χ0v) is 20.2. The lowest BCUT2D eigenvalue weighted by atomic mass is 9.96. The molecule has 0 spiro atoms. The van der Waals surface area contributed by atoms with Gasteiger partial charge in [0.05, 0.1) is 25.4 Å². The van der Waals surface area contributed by atoms with Gasteiger partial charge in [-0.25, -0.2) is 0 Å². The Kier molecular flexibility index (Phi) is 10.1. The van der Waals surface area contributed by atoms with Crippen molar-refractivity contribution in [3.05, 3.63) is 71.8 Å². The Morgan fingerprint density at radius 1 is 1.07 bits per heavy atom. The lowest BCUT2D eigenvalue weighted by Gasteiger charge is -2.19. The van der Waals surface area contributed by atoms with Gasteiger partial charge in [0.25, 0.3) is 0 Å². The fraction of sp³-hybridized carbons (Fsp3) is 0.458. The van der Waals surface area contributed by atoms with E-state index in [0.29, 0.717) is 6.54 Å². The monoisotopic (exact) mass is 523 g/mol. The molecule has 3 rings (SSSR count). The maximum atomic E-state index is 10.3. The molecule has 0 amide bonds. The molecule has 1 saturated carbocycles. The minimum atomic E-state index is -0.603. The van der Waals surface area contributed by atoms with Crippen LogP contribution >= 0.6 is 24.0 Å². The largest absolute Gasteiger partial charge is 0.389 e. The van der Waals surface area contributed by atoms with Crippen LogP contribution in [0, 0.1) is 0 Å². The van der Waals surface area contributed by atoms with E-state index in [4.69, 9.17) is 9.73 Å². The highest BCUT2D eigenvalue weighted by atomic mass is 127. The Labute approximate surface area is 197 Å². The number of nitrogens with one attached hydrogen (secondary N) is 2. The van der Waals surface area contributed by atoms with Crippen molar-refractivity contribution < 1.29 is 9.84 Å². The normalized spacial score (nSPS) is 16.8. The van der Waals surface area contributed by atoms with Gasteiger partial charge in [-0.15, -0.1) is 24.0 Å². The van der Waals surface area contributed by atoms with Crippen molar-refractivity contribution in [2.24, 2.45) is 4.99 Å². The average molecular weight is 523 g/mol. The number of aliphatic hydroxyl groups is 1. The quantitative estimate of drug-likeness (QED) is 0.250. The first-order chi connectivity index (χ1) is 14.1. The first-order valence-corrected chi connectivity index (χ1v) is 10.6. The number of rotatable bonds is 10. The van der Waals surface area contributed by atoms with Crippen molar-refractivity contribution >= 4 is 29.9 Å². The molecule has 0 aliphatic heterocycles. The van der Waals surface area contributed by atoms with Crippen molar-refractivity contribution in [2.75, 3.05) is 26.2 Å². The molecule has 0 aromatic heterocycles. The van der Waals surface area contributed by atoms with Crippen LogP contribution in [0.25, 0.3) is 0 Å². The molecule has 30 heavy (non-hydrogen) atoms. The van der Waals surface area contributed by atoms with E-state index >= 15 is 0 Å². The molecule has 0 radical (unpaired) electrons. The highest BCUT2D eigenvalue weighted by Crippen LogP contribution is 2.48. The zero-order valence-electron chi connectivity index (χ0n) is 17.9. The summed E-state index contributed by atoms with van der Waals surface area (Å²) in [6, 6.07) is 20.7. The first-order valence-electron chi connectivity index (χ1n) is 10.6. The Morgan fingerprint density at radius 2 is 1.70 bits per heavy atom. The second-order valence-corrected chi connectivity index (χ2v) is 7.76. The van der Waals surface area contributed by atoms with Crippen molar-refractivity contribution in [3.63, 3.8) is 0 Å². The van der Waals surface area contributed by atoms with Gasteiger partial charge in [0.15, 0.2) is 5.96 Å². The Morgan fingerprint density at radius 3 is 2.30 bits per heavy atom. The number of benzene rings is 2. The standard InChI is InChI=1S/C24H33N3O2.HI/c1-3-25-23(27-18-24(14-15-24)21-12-8-5-9-13-21)26-16-22(28)17-29-19(2)20-10-6-4-7-11-20;/h4-13,19,22,28H,3,14-18H2,1-2H3,(H2,25,26,27);1H. The summed E-state index contributed by atoms with van der Waals surface area (Å²) in [6.07, 6.45) is 1.70. The second-order valence-electron chi connectivity index (χ2n) is 7.76. The van der Waals surface area contributed by atoms with Gasteiger partial charge in [0.1, 0.15) is 0 Å². The molecule has 0 bridgehead atoms. The summed E-state index contributed by atoms with van der Waals surface area (Å²) in [7, 11) is 0. The Bertz CT molecular complexity index is 767. The van der Waals surface area contributed by atoms with Gasteiger partial charge in [-0.05, 0) is 37.8 Å². The molecular formula is C24H34IN3O2. The topological polar surface area (TPSA) is 65.9 Å². The SMILES string of the molecule is CCNC(=NCC1(c2ccccc2)CC1)NCC(O)COC(C)c1ccccc1.I. The fourth-order valence-corrected chi connectivity index (χ4v) is 3.40. The van der Waals surface area contributed by atoms with E-state index < -0.39 is 6.10 Å². The predicted octanol–water partition coefficient (Wildman–Crippen LogP) is 4.03. The van der Waals surface area contributed by atoms with Crippen LogP contribution in [0.2, 0.25) is 0 Å². The van der Waals surface area contributed by atoms with Gasteiger partial charge in [-0.3, -0.25) is 4.99 Å². The fourth-order valence-electron chi connectivity index (χ4n) is 3.40. The van der Waals surface area contributed by atoms with E-state index in [9.17, 15) is 5.11 Å². The van der Waals surface area contributed by atoms with Crippen LogP contribution in [0.3, 0.4) is 0 Å². The molecule has 6 heteroatoms. The highest BCUT2D eigenvalue weighted by molar-refractivity contribution is 14.0. The van der Waals surface area contributed by atoms with E-state index in [0.717, 1.165) is 24.6 Å². The van der Waals surface area contributed by atoms with Gasteiger partial charge >= 0.3 is 0 Å². The molecule has 5 nitrogen and oxygen atoms in total. The van der Waals surface area contributed by atoms with Crippen LogP contribution in [-0.2, 0) is 10.2 Å². The summed E-state index contributed by atoms with van der Waals surface area (Å²) in [6.45, 7) is 6.25. The number of hydrogen-bond donors (Lipinski definition) is 3. The summed E-state index contributed by atoms with van der Waals surface area (Å²) < 4.78 is 5.81. The molecule has 2 unspecified atom stereocenters. The van der Waals surface area contributed by atoms with Gasteiger partial charge in [-0.2, -0.15) is 0 Å². The number of halogens is 1. The second kappa shape index (κ2) is 12.3. The van der Waals surface area contributed by atoms with Crippen molar-refractivity contribution in [2.45, 2.75) is 44.3 Å². The average Bonchev–Trinajstić information content (AvgIpc) is 3.56. The first kappa shape index (κ1) is 24.6. The van der Waals surface area contributed by atoms with E-state index in [2.05, 4.69) is 41.0 Å². The molecule has 3 N–H and O–H groups in total. The van der Waals surface area contributed by atoms with E-state index in [-0.39, 0.29) is 42.1 Å². The van der Waals surface area contributed by atoms with Crippen molar-refractivity contribution in [3.8, 4) is 0 Å². The minimum Gasteiger partial charge on any atom is -0.389 e. The predicted molar refractivity (Wildman–Crippen MR) is 134 cm³/mol. The number of hydrogen-bond acceptors (Lipinski definition) is 3. The summed E-state index contributed by atoms with van der Waals surface area (Å²) in [5.74, 6) is 0.741. The van der Waals surface area contributed by atoms with Crippen LogP contribution in [0.5, 0.6) is 0 Å². The van der Waals surface area contributed by atoms with E-state index in [1.54, 1.807) is 0 Å². The van der Waals surface area contributed by atoms with Crippen molar-refractivity contribution in [1.29, 1.82) is 0 Å². The third-order valence-corrected chi connectivity index (χ3v) is 5.44. The molecule has 164 valence electrons.